The van der Waals surface area contributed by atoms with Gasteiger partial charge in [0.05, 0.1) is 13.2 Å². The van der Waals surface area contributed by atoms with Crippen molar-refractivity contribution in [1.29, 1.82) is 0 Å². The SMILES string of the molecule is COc1ccc(CN2CC[C@H]3O[C@@H](c4nc(C)no4)CC[C@H]32)cc1.O=C(O)C(F)(F)F. The molecule has 0 aliphatic carbocycles. The number of halogens is 3. The van der Waals surface area contributed by atoms with Gasteiger partial charge in [0.25, 0.3) is 5.89 Å². The molecule has 0 saturated carbocycles. The van der Waals surface area contributed by atoms with Gasteiger partial charge in [-0.15, -0.1) is 0 Å². The Hall–Kier alpha value is -2.66. The van der Waals surface area contributed by atoms with Crippen LogP contribution in [0.4, 0.5) is 13.2 Å². The first-order valence-corrected chi connectivity index (χ1v) is 9.80. The molecule has 1 aromatic carbocycles. The Balaban J connectivity index is 0.000000339. The van der Waals surface area contributed by atoms with E-state index in [0.29, 0.717) is 17.8 Å². The Kier molecular flexibility index (Phi) is 7.16. The largest absolute Gasteiger partial charge is 0.497 e. The number of rotatable bonds is 4. The smallest absolute Gasteiger partial charge is 0.490 e. The van der Waals surface area contributed by atoms with Crippen LogP contribution in [-0.4, -0.2) is 58.1 Å². The van der Waals surface area contributed by atoms with Crippen LogP contribution in [-0.2, 0) is 16.1 Å². The molecule has 8 nitrogen and oxygen atoms in total. The topological polar surface area (TPSA) is 97.9 Å². The molecule has 1 N–H and O–H groups in total. The highest BCUT2D eigenvalue weighted by Crippen LogP contribution is 2.38. The van der Waals surface area contributed by atoms with Crippen LogP contribution < -0.4 is 4.74 Å². The highest BCUT2D eigenvalue weighted by atomic mass is 19.4. The summed E-state index contributed by atoms with van der Waals surface area (Å²) in [5.74, 6) is -0.563. The third-order valence-electron chi connectivity index (χ3n) is 5.27. The van der Waals surface area contributed by atoms with Crippen LogP contribution in [0.2, 0.25) is 0 Å². The highest BCUT2D eigenvalue weighted by molar-refractivity contribution is 5.73. The standard InChI is InChI=1S/C18H23N3O3.C2HF3O2/c1-12-19-18(24-20-12)17-8-7-15-16(23-17)9-10-21(15)11-13-3-5-14(22-2)6-4-13;3-2(4,5)1(6)7/h3-6,15-17H,7-11H2,1-2H3;(H,6,7)/t15-,16-,17-;/m1./s1. The zero-order chi connectivity index (χ0) is 22.6. The second kappa shape index (κ2) is 9.65. The number of fused-ring (bicyclic) bond motifs is 1. The number of carbonyl (C=O) groups is 1. The van der Waals surface area contributed by atoms with Crippen molar-refractivity contribution >= 4 is 5.97 Å². The fraction of sp³-hybridized carbons (Fsp3) is 0.550. The van der Waals surface area contributed by atoms with Gasteiger partial charge in [-0.05, 0) is 43.9 Å². The number of aliphatic carboxylic acids is 1. The minimum atomic E-state index is -5.08. The lowest BCUT2D eigenvalue weighted by Gasteiger charge is -2.34. The zero-order valence-electron chi connectivity index (χ0n) is 17.1. The maximum atomic E-state index is 10.6. The number of alkyl halides is 3. The van der Waals surface area contributed by atoms with Crippen LogP contribution in [0.3, 0.4) is 0 Å². The first kappa shape index (κ1) is 23.0. The third-order valence-corrected chi connectivity index (χ3v) is 5.27. The van der Waals surface area contributed by atoms with E-state index in [9.17, 15) is 13.2 Å². The minimum absolute atomic E-state index is 0.0478. The lowest BCUT2D eigenvalue weighted by molar-refractivity contribution is -0.192. The molecule has 0 spiro atoms. The van der Waals surface area contributed by atoms with Gasteiger partial charge in [0.15, 0.2) is 5.82 Å². The maximum absolute atomic E-state index is 10.6. The highest BCUT2D eigenvalue weighted by Gasteiger charge is 2.41. The summed E-state index contributed by atoms with van der Waals surface area (Å²) in [4.78, 5) is 15.7. The van der Waals surface area contributed by atoms with Crippen molar-refractivity contribution in [1.82, 2.24) is 15.0 Å². The molecule has 2 aliphatic heterocycles. The zero-order valence-corrected chi connectivity index (χ0v) is 17.1. The van der Waals surface area contributed by atoms with Crippen LogP contribution in [0.15, 0.2) is 28.8 Å². The molecule has 3 atom stereocenters. The Morgan fingerprint density at radius 1 is 1.26 bits per heavy atom. The predicted molar refractivity (Wildman–Crippen MR) is 101 cm³/mol. The van der Waals surface area contributed by atoms with Crippen molar-refractivity contribution < 1.29 is 37.1 Å². The fourth-order valence-electron chi connectivity index (χ4n) is 3.80. The molecule has 0 unspecified atom stereocenters. The summed E-state index contributed by atoms with van der Waals surface area (Å²) in [5, 5.41) is 11.0. The average molecular weight is 443 g/mol. The number of carboxylic acids is 1. The number of aryl methyl sites for hydroxylation is 1. The van der Waals surface area contributed by atoms with E-state index < -0.39 is 12.1 Å². The van der Waals surface area contributed by atoms with Gasteiger partial charge in [0.2, 0.25) is 0 Å². The number of likely N-dealkylation sites (tertiary alicyclic amines) is 1. The van der Waals surface area contributed by atoms with Crippen molar-refractivity contribution in [2.45, 2.75) is 57.2 Å². The van der Waals surface area contributed by atoms with Gasteiger partial charge in [-0.3, -0.25) is 4.90 Å². The summed E-state index contributed by atoms with van der Waals surface area (Å²) in [6.45, 7) is 3.86. The minimum Gasteiger partial charge on any atom is -0.497 e. The molecule has 31 heavy (non-hydrogen) atoms. The summed E-state index contributed by atoms with van der Waals surface area (Å²) in [7, 11) is 1.70. The van der Waals surface area contributed by atoms with Gasteiger partial charge in [-0.2, -0.15) is 18.2 Å². The molecular formula is C20H24F3N3O5. The van der Waals surface area contributed by atoms with E-state index >= 15 is 0 Å². The third kappa shape index (κ3) is 5.95. The van der Waals surface area contributed by atoms with E-state index in [2.05, 4.69) is 27.2 Å². The Morgan fingerprint density at radius 2 is 1.94 bits per heavy atom. The first-order chi connectivity index (χ1) is 14.7. The monoisotopic (exact) mass is 443 g/mol. The van der Waals surface area contributed by atoms with E-state index in [1.54, 1.807) is 7.11 Å². The van der Waals surface area contributed by atoms with Crippen LogP contribution >= 0.6 is 0 Å². The predicted octanol–water partition coefficient (Wildman–Crippen LogP) is 3.51. The first-order valence-electron chi connectivity index (χ1n) is 9.80. The van der Waals surface area contributed by atoms with E-state index in [1.165, 1.54) is 5.56 Å². The number of ether oxygens (including phenoxy) is 2. The number of benzene rings is 1. The molecule has 2 aliphatic rings. The summed E-state index contributed by atoms with van der Waals surface area (Å²) in [5.41, 5.74) is 1.31. The van der Waals surface area contributed by atoms with E-state index in [1.807, 2.05) is 19.1 Å². The van der Waals surface area contributed by atoms with Crippen molar-refractivity contribution in [3.63, 3.8) is 0 Å². The molecule has 2 aromatic rings. The van der Waals surface area contributed by atoms with Crippen LogP contribution in [0.25, 0.3) is 0 Å². The van der Waals surface area contributed by atoms with Gasteiger partial charge in [0.1, 0.15) is 11.9 Å². The van der Waals surface area contributed by atoms with Crippen LogP contribution in [0.5, 0.6) is 5.75 Å². The lowest BCUT2D eigenvalue weighted by atomic mass is 9.98. The van der Waals surface area contributed by atoms with Gasteiger partial charge in [0, 0.05) is 19.1 Å². The van der Waals surface area contributed by atoms with Gasteiger partial charge < -0.3 is 19.1 Å². The fourth-order valence-corrected chi connectivity index (χ4v) is 3.80. The van der Waals surface area contributed by atoms with Crippen molar-refractivity contribution in [2.75, 3.05) is 13.7 Å². The molecule has 170 valence electrons. The van der Waals surface area contributed by atoms with Crippen LogP contribution in [0, 0.1) is 6.92 Å². The molecule has 2 saturated heterocycles. The lowest BCUT2D eigenvalue weighted by Crippen LogP contribution is -2.40. The summed E-state index contributed by atoms with van der Waals surface area (Å²) < 4.78 is 48.5. The molecular weight excluding hydrogens is 419 g/mol. The summed E-state index contributed by atoms with van der Waals surface area (Å²) in [6.07, 6.45) is -1.78. The van der Waals surface area contributed by atoms with E-state index in [-0.39, 0.29) is 12.2 Å². The quantitative estimate of drug-likeness (QED) is 0.767. The molecule has 0 amide bonds. The summed E-state index contributed by atoms with van der Waals surface area (Å²) in [6, 6.07) is 8.80. The number of carboxylic acid groups (broad SMARTS) is 1. The Morgan fingerprint density at radius 3 is 2.48 bits per heavy atom. The second-order valence-electron chi connectivity index (χ2n) is 7.40. The molecule has 0 radical (unpaired) electrons. The maximum Gasteiger partial charge on any atom is 0.490 e. The Bertz CT molecular complexity index is 872. The molecule has 1 aromatic heterocycles. The van der Waals surface area contributed by atoms with E-state index in [0.717, 1.165) is 38.1 Å². The van der Waals surface area contributed by atoms with E-state index in [4.69, 9.17) is 23.9 Å². The molecule has 0 bridgehead atoms. The molecule has 2 fully saturated rings. The molecule has 11 heteroatoms. The Labute approximate surface area is 176 Å². The number of hydrogen-bond donors (Lipinski definition) is 1. The van der Waals surface area contributed by atoms with Gasteiger partial charge in [-0.1, -0.05) is 17.3 Å². The molecule has 3 heterocycles. The van der Waals surface area contributed by atoms with Crippen molar-refractivity contribution in [3.05, 3.63) is 41.5 Å². The normalized spacial score (nSPS) is 23.6. The van der Waals surface area contributed by atoms with Gasteiger partial charge >= 0.3 is 12.1 Å². The number of aromatic nitrogens is 2. The van der Waals surface area contributed by atoms with Crippen molar-refractivity contribution in [2.24, 2.45) is 0 Å². The van der Waals surface area contributed by atoms with Gasteiger partial charge in [-0.25, -0.2) is 4.79 Å². The molecule has 4 rings (SSSR count). The second-order valence-corrected chi connectivity index (χ2v) is 7.40. The number of nitrogens with zero attached hydrogens (tertiary/aromatic N) is 3. The summed E-state index contributed by atoms with van der Waals surface area (Å²) >= 11 is 0. The van der Waals surface area contributed by atoms with Crippen LogP contribution in [0.1, 0.15) is 42.6 Å². The number of hydrogen-bond acceptors (Lipinski definition) is 7. The number of methoxy groups -OCH3 is 1. The average Bonchev–Trinajstić information content (AvgIpc) is 3.34. The van der Waals surface area contributed by atoms with Crippen molar-refractivity contribution in [3.8, 4) is 5.75 Å².